The molecule has 3 aromatic heterocycles. The molecule has 4 aromatic rings. The highest BCUT2D eigenvalue weighted by Crippen LogP contribution is 2.33. The van der Waals surface area contributed by atoms with Crippen molar-refractivity contribution in [2.24, 2.45) is 5.10 Å². The molecule has 0 atom stereocenters. The Labute approximate surface area is 184 Å². The van der Waals surface area contributed by atoms with Gasteiger partial charge in [0.15, 0.2) is 0 Å². The number of aryl methyl sites for hydroxylation is 2. The molecule has 1 aliphatic carbocycles. The molecule has 0 spiro atoms. The Bertz CT molecular complexity index is 1380. The molecule has 0 bridgehead atoms. The van der Waals surface area contributed by atoms with Gasteiger partial charge < -0.3 is 4.74 Å². The first kappa shape index (κ1) is 19.8. The van der Waals surface area contributed by atoms with Crippen molar-refractivity contribution in [2.75, 3.05) is 0 Å². The Morgan fingerprint density at radius 1 is 1.26 bits per heavy atom. The van der Waals surface area contributed by atoms with Gasteiger partial charge in [0.25, 0.3) is 11.4 Å². The first-order chi connectivity index (χ1) is 15.1. The van der Waals surface area contributed by atoms with E-state index in [1.807, 2.05) is 0 Å². The smallest absolute Gasteiger partial charge is 0.282 e. The van der Waals surface area contributed by atoms with E-state index < -0.39 is 5.82 Å². The van der Waals surface area contributed by atoms with Crippen LogP contribution in [0.25, 0.3) is 10.2 Å². The van der Waals surface area contributed by atoms with E-state index in [-0.39, 0.29) is 16.7 Å². The maximum atomic E-state index is 13.8. The minimum absolute atomic E-state index is 0.119. The Hall–Kier alpha value is -3.17. The van der Waals surface area contributed by atoms with Crippen molar-refractivity contribution in [3.05, 3.63) is 74.2 Å². The highest BCUT2D eigenvalue weighted by Gasteiger charge is 2.19. The summed E-state index contributed by atoms with van der Waals surface area (Å²) >= 11 is 7.30. The summed E-state index contributed by atoms with van der Waals surface area (Å²) in [5, 5.41) is 4.83. The molecule has 156 valence electrons. The number of fused-ring (bicyclic) bond motifs is 3. The zero-order valence-electron chi connectivity index (χ0n) is 16.1. The van der Waals surface area contributed by atoms with Crippen molar-refractivity contribution in [2.45, 2.75) is 25.7 Å². The molecule has 0 fully saturated rings. The lowest BCUT2D eigenvalue weighted by Gasteiger charge is -2.09. The number of benzene rings is 1. The van der Waals surface area contributed by atoms with E-state index in [4.69, 9.17) is 16.3 Å². The van der Waals surface area contributed by atoms with Gasteiger partial charge in [-0.1, -0.05) is 12.1 Å². The lowest BCUT2D eigenvalue weighted by Crippen LogP contribution is -2.18. The Kier molecular flexibility index (Phi) is 5.21. The molecule has 31 heavy (non-hydrogen) atoms. The third-order valence-electron chi connectivity index (χ3n) is 4.95. The van der Waals surface area contributed by atoms with Crippen molar-refractivity contribution < 1.29 is 9.13 Å². The van der Waals surface area contributed by atoms with Gasteiger partial charge in [-0.3, -0.25) is 4.79 Å². The second kappa shape index (κ2) is 8.16. The van der Waals surface area contributed by atoms with Crippen molar-refractivity contribution >= 4 is 39.4 Å². The molecule has 1 aromatic carbocycles. The van der Waals surface area contributed by atoms with Gasteiger partial charge in [-0.2, -0.15) is 19.2 Å². The molecule has 1 aliphatic rings. The zero-order chi connectivity index (χ0) is 21.4. The standard InChI is InChI=1S/C21H15ClFN5O2S/c22-21-24-10-15(23)18(27-21)30-13-5-3-4-12(8-13)9-26-28-11-25-19-17(20(28)29)14-6-1-2-7-16(14)31-19/h3-5,8-11H,1-2,6-7H2/b26-9+. The lowest BCUT2D eigenvalue weighted by molar-refractivity contribution is 0.420. The predicted octanol–water partition coefficient (Wildman–Crippen LogP) is 4.59. The van der Waals surface area contributed by atoms with Crippen molar-refractivity contribution in [3.8, 4) is 11.6 Å². The first-order valence-corrected chi connectivity index (χ1v) is 10.8. The maximum Gasteiger partial charge on any atom is 0.282 e. The van der Waals surface area contributed by atoms with Crippen LogP contribution in [-0.2, 0) is 12.8 Å². The zero-order valence-corrected chi connectivity index (χ0v) is 17.7. The number of ether oxygens (including phenoxy) is 1. The molecule has 7 nitrogen and oxygen atoms in total. The van der Waals surface area contributed by atoms with Crippen LogP contribution in [0.5, 0.6) is 11.6 Å². The molecule has 0 saturated carbocycles. The van der Waals surface area contributed by atoms with Crippen LogP contribution in [0.3, 0.4) is 0 Å². The first-order valence-electron chi connectivity index (χ1n) is 9.61. The largest absolute Gasteiger partial charge is 0.436 e. The highest BCUT2D eigenvalue weighted by molar-refractivity contribution is 7.18. The predicted molar refractivity (Wildman–Crippen MR) is 117 cm³/mol. The van der Waals surface area contributed by atoms with Gasteiger partial charge in [0.1, 0.15) is 16.9 Å². The minimum Gasteiger partial charge on any atom is -0.436 e. The van der Waals surface area contributed by atoms with Crippen LogP contribution >= 0.6 is 22.9 Å². The fraction of sp³-hybridized carbons (Fsp3) is 0.190. The van der Waals surface area contributed by atoms with Crippen molar-refractivity contribution in [1.82, 2.24) is 19.6 Å². The summed E-state index contributed by atoms with van der Waals surface area (Å²) in [4.78, 5) is 26.7. The van der Waals surface area contributed by atoms with E-state index in [9.17, 15) is 9.18 Å². The number of rotatable bonds is 4. The molecule has 3 heterocycles. The number of hydrogen-bond acceptors (Lipinski definition) is 7. The van der Waals surface area contributed by atoms with Gasteiger partial charge in [-0.25, -0.2) is 9.97 Å². The molecule has 0 radical (unpaired) electrons. The monoisotopic (exact) mass is 455 g/mol. The third kappa shape index (κ3) is 3.94. The van der Waals surface area contributed by atoms with Crippen molar-refractivity contribution in [1.29, 1.82) is 0 Å². The van der Waals surface area contributed by atoms with Gasteiger partial charge in [0.05, 0.1) is 17.8 Å². The summed E-state index contributed by atoms with van der Waals surface area (Å²) in [6.07, 6.45) is 8.03. The van der Waals surface area contributed by atoms with Gasteiger partial charge in [-0.15, -0.1) is 11.3 Å². The van der Waals surface area contributed by atoms with Crippen LogP contribution < -0.4 is 10.3 Å². The van der Waals surface area contributed by atoms with Crippen LogP contribution in [0.2, 0.25) is 5.28 Å². The number of thiophene rings is 1. The van der Waals surface area contributed by atoms with Crippen LogP contribution in [0.1, 0.15) is 28.8 Å². The molecule has 0 N–H and O–H groups in total. The van der Waals surface area contributed by atoms with E-state index in [1.165, 1.54) is 22.1 Å². The van der Waals surface area contributed by atoms with E-state index in [0.717, 1.165) is 42.3 Å². The number of hydrogen-bond donors (Lipinski definition) is 0. The molecular weight excluding hydrogens is 441 g/mol. The summed E-state index contributed by atoms with van der Waals surface area (Å²) in [6, 6.07) is 6.78. The SMILES string of the molecule is O=c1c2c3c(sc2ncn1/N=C/c1cccc(Oc2nc(Cl)ncc2F)c1)CCCC3. The Morgan fingerprint density at radius 2 is 2.13 bits per heavy atom. The van der Waals surface area contributed by atoms with E-state index in [0.29, 0.717) is 16.7 Å². The molecule has 0 amide bonds. The topological polar surface area (TPSA) is 82.3 Å². The van der Waals surface area contributed by atoms with Crippen LogP contribution in [0.15, 0.2) is 46.7 Å². The second-order valence-corrected chi connectivity index (χ2v) is 8.42. The molecular formula is C21H15ClFN5O2S. The Balaban J connectivity index is 1.44. The van der Waals surface area contributed by atoms with Gasteiger partial charge in [0, 0.05) is 4.88 Å². The van der Waals surface area contributed by atoms with Crippen LogP contribution in [0, 0.1) is 5.82 Å². The van der Waals surface area contributed by atoms with E-state index in [2.05, 4.69) is 20.1 Å². The summed E-state index contributed by atoms with van der Waals surface area (Å²) in [7, 11) is 0. The van der Waals surface area contributed by atoms with Gasteiger partial charge in [0.2, 0.25) is 11.1 Å². The quantitative estimate of drug-likeness (QED) is 0.332. The maximum absolute atomic E-state index is 13.8. The van der Waals surface area contributed by atoms with Gasteiger partial charge >= 0.3 is 0 Å². The fourth-order valence-electron chi connectivity index (χ4n) is 3.52. The summed E-state index contributed by atoms with van der Waals surface area (Å²) in [5.41, 5.74) is 1.59. The normalized spacial score (nSPS) is 13.6. The summed E-state index contributed by atoms with van der Waals surface area (Å²) in [5.74, 6) is -0.666. The molecule has 5 rings (SSSR count). The number of halogens is 2. The molecule has 10 heteroatoms. The average molecular weight is 456 g/mol. The minimum atomic E-state index is -0.728. The number of nitrogens with zero attached hydrogens (tertiary/aromatic N) is 5. The highest BCUT2D eigenvalue weighted by atomic mass is 35.5. The molecule has 0 unspecified atom stereocenters. The van der Waals surface area contributed by atoms with Crippen molar-refractivity contribution in [3.63, 3.8) is 0 Å². The average Bonchev–Trinajstić information content (AvgIpc) is 3.15. The Morgan fingerprint density at radius 3 is 3.03 bits per heavy atom. The molecule has 0 aliphatic heterocycles. The van der Waals surface area contributed by atoms with Gasteiger partial charge in [-0.05, 0) is 60.5 Å². The fourth-order valence-corrected chi connectivity index (χ4v) is 4.87. The lowest BCUT2D eigenvalue weighted by atomic mass is 9.97. The second-order valence-electron chi connectivity index (χ2n) is 7.00. The molecule has 0 saturated heterocycles. The third-order valence-corrected chi connectivity index (χ3v) is 6.33. The summed E-state index contributed by atoms with van der Waals surface area (Å²) < 4.78 is 20.5. The van der Waals surface area contributed by atoms with Crippen LogP contribution in [-0.4, -0.2) is 25.8 Å². The van der Waals surface area contributed by atoms with Crippen LogP contribution in [0.4, 0.5) is 4.39 Å². The summed E-state index contributed by atoms with van der Waals surface area (Å²) in [6.45, 7) is 0. The van der Waals surface area contributed by atoms with E-state index in [1.54, 1.807) is 35.6 Å². The number of aromatic nitrogens is 4. The van der Waals surface area contributed by atoms with E-state index >= 15 is 0 Å².